The van der Waals surface area contributed by atoms with Gasteiger partial charge in [0.05, 0.1) is 19.8 Å². The monoisotopic (exact) mass is 438 g/mol. The lowest BCUT2D eigenvalue weighted by atomic mass is 10.0. The first-order valence-corrected chi connectivity index (χ1v) is 11.9. The van der Waals surface area contributed by atoms with E-state index in [1.165, 1.54) is 25.6 Å². The van der Waals surface area contributed by atoms with Crippen LogP contribution >= 0.6 is 11.3 Å². The second kappa shape index (κ2) is 9.60. The van der Waals surface area contributed by atoms with Crippen molar-refractivity contribution in [2.45, 2.75) is 35.9 Å². The fourth-order valence-electron chi connectivity index (χ4n) is 3.62. The number of carbonyl (C=O) groups is 1. The van der Waals surface area contributed by atoms with Crippen LogP contribution in [0.15, 0.2) is 39.9 Å². The number of piperidine rings is 1. The highest BCUT2D eigenvalue weighted by Crippen LogP contribution is 2.31. The Bertz CT molecular complexity index is 928. The fraction of sp³-hybridized carbons (Fsp3) is 0.450. The summed E-state index contributed by atoms with van der Waals surface area (Å²) in [6.07, 6.45) is 3.19. The summed E-state index contributed by atoms with van der Waals surface area (Å²) in [4.78, 5) is 12.6. The summed E-state index contributed by atoms with van der Waals surface area (Å²) in [5.74, 6) is 0.594. The van der Waals surface area contributed by atoms with Gasteiger partial charge in [0.2, 0.25) is 0 Å². The number of ether oxygens (including phenoxy) is 2. The molecule has 2 heterocycles. The molecule has 2 aromatic rings. The zero-order valence-corrected chi connectivity index (χ0v) is 18.2. The Morgan fingerprint density at radius 3 is 2.72 bits per heavy atom. The number of benzene rings is 1. The molecule has 1 aromatic carbocycles. The molecule has 0 radical (unpaired) electrons. The van der Waals surface area contributed by atoms with E-state index < -0.39 is 10.0 Å². The number of para-hydroxylation sites is 1. The summed E-state index contributed by atoms with van der Waals surface area (Å²) in [7, 11) is -0.479. The standard InChI is InChI=1S/C20H26N2O5S2/c1-26-17-9-5-8-16(19(17)27-2)20(23)21-12-11-15-7-3-4-13-22(15)29(24,25)18-10-6-14-28-18/h5-6,8-10,14-15H,3-4,7,11-13H2,1-2H3,(H,21,23). The van der Waals surface area contributed by atoms with E-state index in [9.17, 15) is 13.2 Å². The SMILES string of the molecule is COc1cccc(C(=O)NCCC2CCCCN2S(=O)(=O)c2cccs2)c1OC. The van der Waals surface area contributed by atoms with E-state index in [2.05, 4.69) is 5.32 Å². The van der Waals surface area contributed by atoms with Crippen LogP contribution in [0.1, 0.15) is 36.0 Å². The molecule has 9 heteroatoms. The highest BCUT2D eigenvalue weighted by molar-refractivity contribution is 7.91. The maximum absolute atomic E-state index is 12.9. The van der Waals surface area contributed by atoms with E-state index in [1.54, 1.807) is 40.0 Å². The average Bonchev–Trinajstić information content (AvgIpc) is 3.29. The molecule has 1 amide bonds. The third kappa shape index (κ3) is 4.73. The number of hydrogen-bond donors (Lipinski definition) is 1. The molecule has 0 aliphatic carbocycles. The van der Waals surface area contributed by atoms with Crippen molar-refractivity contribution in [3.05, 3.63) is 41.3 Å². The minimum atomic E-state index is -3.49. The Kier molecular flexibility index (Phi) is 7.15. The first-order chi connectivity index (χ1) is 14.0. The van der Waals surface area contributed by atoms with Crippen LogP contribution in [0, 0.1) is 0 Å². The number of nitrogens with zero attached hydrogens (tertiary/aromatic N) is 1. The van der Waals surface area contributed by atoms with Crippen molar-refractivity contribution >= 4 is 27.3 Å². The van der Waals surface area contributed by atoms with Gasteiger partial charge in [-0.1, -0.05) is 18.6 Å². The molecule has 0 saturated carbocycles. The van der Waals surface area contributed by atoms with Gasteiger partial charge in [0.25, 0.3) is 15.9 Å². The molecule has 1 saturated heterocycles. The Labute approximate surface area is 175 Å². The molecule has 1 unspecified atom stereocenters. The van der Waals surface area contributed by atoms with E-state index in [1.807, 2.05) is 0 Å². The van der Waals surface area contributed by atoms with E-state index in [0.29, 0.717) is 40.8 Å². The van der Waals surface area contributed by atoms with Gasteiger partial charge in [-0.3, -0.25) is 4.79 Å². The molecule has 0 bridgehead atoms. The summed E-state index contributed by atoms with van der Waals surface area (Å²) in [5, 5.41) is 4.66. The van der Waals surface area contributed by atoms with E-state index in [-0.39, 0.29) is 11.9 Å². The largest absolute Gasteiger partial charge is 0.493 e. The Balaban J connectivity index is 1.65. The van der Waals surface area contributed by atoms with Crippen LogP contribution in [-0.2, 0) is 10.0 Å². The molecule has 7 nitrogen and oxygen atoms in total. The molecule has 1 aliphatic heterocycles. The number of amides is 1. The normalized spacial score (nSPS) is 17.7. The summed E-state index contributed by atoms with van der Waals surface area (Å²) in [6, 6.07) is 8.40. The summed E-state index contributed by atoms with van der Waals surface area (Å²) >= 11 is 1.23. The van der Waals surface area contributed by atoms with E-state index in [4.69, 9.17) is 9.47 Å². The highest BCUT2D eigenvalue weighted by atomic mass is 32.2. The maximum atomic E-state index is 12.9. The number of methoxy groups -OCH3 is 2. The van der Waals surface area contributed by atoms with Crippen molar-refractivity contribution in [2.24, 2.45) is 0 Å². The van der Waals surface area contributed by atoms with E-state index >= 15 is 0 Å². The van der Waals surface area contributed by atoms with Gasteiger partial charge in [0.1, 0.15) is 4.21 Å². The summed E-state index contributed by atoms with van der Waals surface area (Å²) in [5.41, 5.74) is 0.388. The molecule has 29 heavy (non-hydrogen) atoms. The smallest absolute Gasteiger partial charge is 0.255 e. The highest BCUT2D eigenvalue weighted by Gasteiger charge is 2.33. The predicted octanol–water partition coefficient (Wildman–Crippen LogP) is 3.13. The molecular weight excluding hydrogens is 412 g/mol. The number of hydrogen-bond acceptors (Lipinski definition) is 6. The van der Waals surface area contributed by atoms with Crippen LogP contribution in [0.4, 0.5) is 0 Å². The lowest BCUT2D eigenvalue weighted by Gasteiger charge is -2.34. The third-order valence-electron chi connectivity index (χ3n) is 5.04. The van der Waals surface area contributed by atoms with Gasteiger partial charge in [-0.15, -0.1) is 11.3 Å². The molecule has 1 atom stereocenters. The first kappa shape index (κ1) is 21.6. The van der Waals surface area contributed by atoms with Gasteiger partial charge in [-0.05, 0) is 42.8 Å². The van der Waals surface area contributed by atoms with Crippen molar-refractivity contribution in [1.29, 1.82) is 0 Å². The van der Waals surface area contributed by atoms with Gasteiger partial charge in [0.15, 0.2) is 11.5 Å². The molecule has 3 rings (SSSR count). The lowest BCUT2D eigenvalue weighted by Crippen LogP contribution is -2.44. The van der Waals surface area contributed by atoms with Crippen molar-refractivity contribution in [1.82, 2.24) is 9.62 Å². The molecule has 1 N–H and O–H groups in total. The second-order valence-electron chi connectivity index (χ2n) is 6.78. The van der Waals surface area contributed by atoms with Crippen molar-refractivity contribution in [2.75, 3.05) is 27.3 Å². The van der Waals surface area contributed by atoms with Crippen molar-refractivity contribution in [3.63, 3.8) is 0 Å². The minimum absolute atomic E-state index is 0.122. The van der Waals surface area contributed by atoms with Gasteiger partial charge in [-0.25, -0.2) is 8.42 Å². The molecule has 0 spiro atoms. The number of nitrogens with one attached hydrogen (secondary N) is 1. The third-order valence-corrected chi connectivity index (χ3v) is 8.37. The lowest BCUT2D eigenvalue weighted by molar-refractivity contribution is 0.0946. The molecule has 1 fully saturated rings. The quantitative estimate of drug-likeness (QED) is 0.684. The van der Waals surface area contributed by atoms with Gasteiger partial charge >= 0.3 is 0 Å². The fourth-order valence-corrected chi connectivity index (χ4v) is 6.46. The predicted molar refractivity (Wildman–Crippen MR) is 112 cm³/mol. The first-order valence-electron chi connectivity index (χ1n) is 9.53. The molecule has 1 aromatic heterocycles. The van der Waals surface area contributed by atoms with Crippen molar-refractivity contribution in [3.8, 4) is 11.5 Å². The minimum Gasteiger partial charge on any atom is -0.493 e. The molecular formula is C20H26N2O5S2. The zero-order valence-electron chi connectivity index (χ0n) is 16.6. The van der Waals surface area contributed by atoms with Crippen LogP contribution < -0.4 is 14.8 Å². The zero-order chi connectivity index (χ0) is 20.9. The Morgan fingerprint density at radius 1 is 1.21 bits per heavy atom. The van der Waals surface area contributed by atoms with Crippen LogP contribution in [0.5, 0.6) is 11.5 Å². The number of thiophene rings is 1. The topological polar surface area (TPSA) is 84.9 Å². The van der Waals surface area contributed by atoms with Gasteiger partial charge < -0.3 is 14.8 Å². The second-order valence-corrected chi connectivity index (χ2v) is 9.85. The maximum Gasteiger partial charge on any atom is 0.255 e. The van der Waals surface area contributed by atoms with Crippen LogP contribution in [0.3, 0.4) is 0 Å². The number of sulfonamides is 1. The number of carbonyl (C=O) groups excluding carboxylic acids is 1. The van der Waals surface area contributed by atoms with E-state index in [0.717, 1.165) is 19.3 Å². The van der Waals surface area contributed by atoms with Crippen LogP contribution in [-0.4, -0.2) is 52.0 Å². The number of rotatable bonds is 8. The average molecular weight is 439 g/mol. The summed E-state index contributed by atoms with van der Waals surface area (Å²) < 4.78 is 38.4. The van der Waals surface area contributed by atoms with Crippen LogP contribution in [0.2, 0.25) is 0 Å². The van der Waals surface area contributed by atoms with Crippen molar-refractivity contribution < 1.29 is 22.7 Å². The Hall–Kier alpha value is -2.10. The van der Waals surface area contributed by atoms with Gasteiger partial charge in [0, 0.05) is 19.1 Å². The summed E-state index contributed by atoms with van der Waals surface area (Å²) in [6.45, 7) is 0.892. The molecule has 1 aliphatic rings. The molecule has 158 valence electrons. The Morgan fingerprint density at radius 2 is 2.03 bits per heavy atom. The van der Waals surface area contributed by atoms with Crippen LogP contribution in [0.25, 0.3) is 0 Å². The van der Waals surface area contributed by atoms with Gasteiger partial charge in [-0.2, -0.15) is 4.31 Å².